The molecule has 0 aliphatic carbocycles. The average Bonchev–Trinajstić information content (AvgIpc) is 3.69. The van der Waals surface area contributed by atoms with E-state index in [1.54, 1.807) is 0 Å². The summed E-state index contributed by atoms with van der Waals surface area (Å²) in [7, 11) is 0. The first-order chi connectivity index (χ1) is 31.2. The van der Waals surface area contributed by atoms with Crippen molar-refractivity contribution in [2.75, 3.05) is 0 Å². The summed E-state index contributed by atoms with van der Waals surface area (Å²) in [5.74, 6) is 0. The summed E-state index contributed by atoms with van der Waals surface area (Å²) in [6.45, 7) is 0. The maximum Gasteiger partial charge on any atom is 0.0991 e. The lowest BCUT2D eigenvalue weighted by Gasteiger charge is -2.17. The molecule has 9 aromatic carbocycles. The van der Waals surface area contributed by atoms with E-state index in [2.05, 4.69) is 174 Å². The molecule has 4 heteroatoms. The predicted molar refractivity (Wildman–Crippen MR) is 261 cm³/mol. The van der Waals surface area contributed by atoms with E-state index in [9.17, 15) is 5.26 Å². The summed E-state index contributed by atoms with van der Waals surface area (Å²) in [5.41, 5.74) is 14.8. The second-order valence-corrected chi connectivity index (χ2v) is 16.1. The van der Waals surface area contributed by atoms with Gasteiger partial charge in [0.1, 0.15) is 0 Å². The Morgan fingerprint density at radius 3 is 1.41 bits per heavy atom. The maximum absolute atomic E-state index is 9.81. The Morgan fingerprint density at radius 1 is 0.333 bits per heavy atom. The highest BCUT2D eigenvalue weighted by atomic mass is 15.0. The van der Waals surface area contributed by atoms with Gasteiger partial charge in [-0.3, -0.25) is 9.97 Å². The lowest BCUT2D eigenvalue weighted by atomic mass is 9.86. The van der Waals surface area contributed by atoms with E-state index in [-0.39, 0.29) is 0 Å². The van der Waals surface area contributed by atoms with Gasteiger partial charge in [0.2, 0.25) is 0 Å². The highest BCUT2D eigenvalue weighted by Gasteiger charge is 2.18. The first-order valence-electron chi connectivity index (χ1n) is 21.2. The topological polar surface area (TPSA) is 54.5 Å². The van der Waals surface area contributed by atoms with Crippen molar-refractivity contribution in [3.05, 3.63) is 224 Å². The number of rotatable bonds is 6. The Morgan fingerprint density at radius 2 is 0.825 bits per heavy atom. The molecule has 4 nitrogen and oxygen atoms in total. The average molecular weight is 801 g/mol. The van der Waals surface area contributed by atoms with Crippen LogP contribution in [0.15, 0.2) is 219 Å². The molecule has 12 rings (SSSR count). The van der Waals surface area contributed by atoms with Gasteiger partial charge in [-0.15, -0.1) is 0 Å². The molecule has 0 saturated heterocycles. The van der Waals surface area contributed by atoms with Crippen LogP contribution in [-0.2, 0) is 0 Å². The minimum absolute atomic E-state index is 0.653. The van der Waals surface area contributed by atoms with Gasteiger partial charge in [0.15, 0.2) is 0 Å². The van der Waals surface area contributed by atoms with Crippen molar-refractivity contribution >= 4 is 54.1 Å². The van der Waals surface area contributed by atoms with Crippen molar-refractivity contribution in [1.82, 2.24) is 14.5 Å². The Hall–Kier alpha value is -8.65. The molecule has 292 valence electrons. The molecular weight excluding hydrogens is 765 g/mol. The van der Waals surface area contributed by atoms with E-state index < -0.39 is 0 Å². The molecule has 0 unspecified atom stereocenters. The van der Waals surface area contributed by atoms with Crippen LogP contribution in [0.3, 0.4) is 0 Å². The van der Waals surface area contributed by atoms with Crippen molar-refractivity contribution in [2.24, 2.45) is 0 Å². The van der Waals surface area contributed by atoms with Crippen molar-refractivity contribution < 1.29 is 0 Å². The van der Waals surface area contributed by atoms with E-state index in [1.807, 2.05) is 54.9 Å². The fourth-order valence-corrected chi connectivity index (χ4v) is 9.54. The predicted octanol–water partition coefficient (Wildman–Crippen LogP) is 15.2. The summed E-state index contributed by atoms with van der Waals surface area (Å²) >= 11 is 0. The monoisotopic (exact) mass is 800 g/mol. The van der Waals surface area contributed by atoms with E-state index in [4.69, 9.17) is 9.97 Å². The van der Waals surface area contributed by atoms with Crippen molar-refractivity contribution in [1.29, 1.82) is 5.26 Å². The first-order valence-corrected chi connectivity index (χ1v) is 21.2. The number of fused-ring (bicyclic) bond motifs is 8. The van der Waals surface area contributed by atoms with Gasteiger partial charge in [-0.25, -0.2) is 0 Å². The molecule has 0 spiro atoms. The summed E-state index contributed by atoms with van der Waals surface area (Å²) in [5, 5.41) is 19.2. The molecule has 63 heavy (non-hydrogen) atoms. The van der Waals surface area contributed by atoms with Crippen LogP contribution in [0.5, 0.6) is 0 Å². The molecule has 0 aliphatic heterocycles. The molecular formula is C59H36N4. The van der Waals surface area contributed by atoms with Crippen molar-refractivity contribution in [3.63, 3.8) is 0 Å². The highest BCUT2D eigenvalue weighted by molar-refractivity contribution is 6.24. The Kier molecular flexibility index (Phi) is 8.52. The van der Waals surface area contributed by atoms with Crippen LogP contribution in [0.2, 0.25) is 0 Å². The van der Waals surface area contributed by atoms with Gasteiger partial charge in [0.05, 0.1) is 34.1 Å². The normalized spacial score (nSPS) is 11.5. The molecule has 3 aromatic heterocycles. The van der Waals surface area contributed by atoms with Crippen LogP contribution in [-0.4, -0.2) is 14.5 Å². The first kappa shape index (κ1) is 36.2. The van der Waals surface area contributed by atoms with Crippen LogP contribution < -0.4 is 0 Å². The number of aromatic nitrogens is 3. The number of benzene rings is 9. The minimum atomic E-state index is 0.653. The Balaban J connectivity index is 1.00. The van der Waals surface area contributed by atoms with Crippen molar-refractivity contribution in [2.45, 2.75) is 0 Å². The molecule has 12 aromatic rings. The van der Waals surface area contributed by atoms with Crippen LogP contribution >= 0.6 is 0 Å². The van der Waals surface area contributed by atoms with E-state index in [0.717, 1.165) is 72.3 Å². The number of nitriles is 1. The van der Waals surface area contributed by atoms with Gasteiger partial charge in [-0.2, -0.15) is 5.26 Å². The van der Waals surface area contributed by atoms with Gasteiger partial charge in [0.25, 0.3) is 0 Å². The van der Waals surface area contributed by atoms with Crippen LogP contribution in [0.1, 0.15) is 5.56 Å². The van der Waals surface area contributed by atoms with Crippen LogP contribution in [0, 0.1) is 11.3 Å². The molecule has 0 saturated carbocycles. The molecule has 0 bridgehead atoms. The van der Waals surface area contributed by atoms with E-state index in [0.29, 0.717) is 5.56 Å². The molecule has 3 heterocycles. The lowest BCUT2D eigenvalue weighted by Crippen LogP contribution is -1.93. The lowest BCUT2D eigenvalue weighted by molar-refractivity contribution is 1.18. The Labute approximate surface area is 364 Å². The Bertz CT molecular complexity index is 3710. The van der Waals surface area contributed by atoms with Gasteiger partial charge in [0, 0.05) is 40.0 Å². The molecule has 0 aliphatic rings. The van der Waals surface area contributed by atoms with Gasteiger partial charge >= 0.3 is 0 Å². The largest absolute Gasteiger partial charge is 0.309 e. The summed E-state index contributed by atoms with van der Waals surface area (Å²) in [6, 6.07) is 75.6. The third-order valence-electron chi connectivity index (χ3n) is 12.5. The highest BCUT2D eigenvalue weighted by Crippen LogP contribution is 2.44. The number of para-hydroxylation sites is 1. The SMILES string of the molecule is N#Cc1ccc2c(c1)c1cc(-c3ccc(-c4cc5c6ccccc6c(-c6cc(-c7ccccn7)cc(-c7ccccn7)c6)cc5c5ccccc45)cc3)ccc1n2-c1ccccc1. The zero-order chi connectivity index (χ0) is 41.9. The van der Waals surface area contributed by atoms with Gasteiger partial charge in [-0.1, -0.05) is 109 Å². The number of hydrogen-bond acceptors (Lipinski definition) is 3. The fraction of sp³-hybridized carbons (Fsp3) is 0. The van der Waals surface area contributed by atoms with E-state index >= 15 is 0 Å². The number of pyridine rings is 2. The number of hydrogen-bond donors (Lipinski definition) is 0. The zero-order valence-corrected chi connectivity index (χ0v) is 34.1. The third kappa shape index (κ3) is 6.14. The summed E-state index contributed by atoms with van der Waals surface area (Å²) in [4.78, 5) is 9.48. The molecule has 0 amide bonds. The molecule has 0 radical (unpaired) electrons. The fourth-order valence-electron chi connectivity index (χ4n) is 9.54. The van der Waals surface area contributed by atoms with Crippen molar-refractivity contribution in [3.8, 4) is 67.7 Å². The quantitative estimate of drug-likeness (QED) is 0.157. The summed E-state index contributed by atoms with van der Waals surface area (Å²) in [6.07, 6.45) is 3.70. The second kappa shape index (κ2) is 14.8. The smallest absolute Gasteiger partial charge is 0.0991 e. The molecule has 0 atom stereocenters. The third-order valence-corrected chi connectivity index (χ3v) is 12.5. The van der Waals surface area contributed by atoms with Gasteiger partial charge < -0.3 is 4.57 Å². The maximum atomic E-state index is 9.81. The van der Waals surface area contributed by atoms with Gasteiger partial charge in [-0.05, 0) is 163 Å². The van der Waals surface area contributed by atoms with E-state index in [1.165, 1.54) is 43.4 Å². The van der Waals surface area contributed by atoms with Crippen LogP contribution in [0.25, 0.3) is 116 Å². The molecule has 0 N–H and O–H groups in total. The van der Waals surface area contributed by atoms with Crippen LogP contribution in [0.4, 0.5) is 0 Å². The molecule has 0 fully saturated rings. The standard InChI is InChI=1S/C59H36N4/c60-37-38-20-26-58-54(30-38)55-34-41(25-27-59(55)63(58)45-12-2-1-3-13-45)39-21-23-40(24-22-39)50-35-52-49-17-7-5-15-47(49)51(36-53(52)48-16-6-4-14-46(48)50)42-31-43(56-18-8-10-28-61-56)33-44(32-42)57-19-9-11-29-62-57/h1-36H. The minimum Gasteiger partial charge on any atom is -0.309 e. The summed E-state index contributed by atoms with van der Waals surface area (Å²) < 4.78 is 2.29. The second-order valence-electron chi connectivity index (χ2n) is 16.1. The zero-order valence-electron chi connectivity index (χ0n) is 34.1. The number of nitrogens with zero attached hydrogens (tertiary/aromatic N) is 4.